The minimum atomic E-state index is -3.60. The van der Waals surface area contributed by atoms with Gasteiger partial charge in [-0.3, -0.25) is 4.79 Å². The number of piperidine rings is 1. The Hall–Kier alpha value is -3.16. The maximum absolute atomic E-state index is 13.2. The van der Waals surface area contributed by atoms with Crippen LogP contribution in [0.5, 0.6) is 5.75 Å². The number of methoxy groups -OCH3 is 1. The molecule has 1 aliphatic heterocycles. The second-order valence-electron chi connectivity index (χ2n) is 8.62. The third-order valence-electron chi connectivity index (χ3n) is 6.35. The van der Waals surface area contributed by atoms with E-state index in [4.69, 9.17) is 4.74 Å². The van der Waals surface area contributed by atoms with Gasteiger partial charge < -0.3 is 10.1 Å². The lowest BCUT2D eigenvalue weighted by molar-refractivity contribution is -0.126. The summed E-state index contributed by atoms with van der Waals surface area (Å²) in [7, 11) is -2.06. The summed E-state index contributed by atoms with van der Waals surface area (Å²) < 4.78 is 32.6. The van der Waals surface area contributed by atoms with Gasteiger partial charge in [-0.05, 0) is 55.2 Å². The van der Waals surface area contributed by atoms with Crippen molar-refractivity contribution in [3.05, 3.63) is 95.6 Å². The lowest BCUT2D eigenvalue weighted by Gasteiger charge is -2.31. The third-order valence-corrected chi connectivity index (χ3v) is 8.26. The summed E-state index contributed by atoms with van der Waals surface area (Å²) in [5.41, 5.74) is 3.19. The fourth-order valence-electron chi connectivity index (χ4n) is 4.28. The Morgan fingerprint density at radius 3 is 2.09 bits per heavy atom. The molecule has 0 aliphatic carbocycles. The maximum Gasteiger partial charge on any atom is 0.243 e. The molecule has 1 N–H and O–H groups in total. The highest BCUT2D eigenvalue weighted by Crippen LogP contribution is 2.27. The Balaban J connectivity index is 1.44. The van der Waals surface area contributed by atoms with Crippen molar-refractivity contribution in [1.29, 1.82) is 0 Å². The Morgan fingerprint density at radius 2 is 1.50 bits per heavy atom. The number of ether oxygens (including phenoxy) is 1. The molecule has 1 aliphatic rings. The number of sulfonamides is 1. The lowest BCUT2D eigenvalue weighted by atomic mass is 9.94. The van der Waals surface area contributed by atoms with E-state index in [0.717, 1.165) is 16.7 Å². The quantitative estimate of drug-likeness (QED) is 0.549. The molecule has 1 amide bonds. The summed E-state index contributed by atoms with van der Waals surface area (Å²) in [6.07, 6.45) is 0.966. The summed E-state index contributed by atoms with van der Waals surface area (Å²) in [5.74, 6) is 0.325. The van der Waals surface area contributed by atoms with Crippen molar-refractivity contribution in [2.24, 2.45) is 5.92 Å². The molecular formula is C27H30N2O4S. The van der Waals surface area contributed by atoms with Gasteiger partial charge in [-0.1, -0.05) is 60.2 Å². The van der Waals surface area contributed by atoms with Crippen LogP contribution in [0.25, 0.3) is 0 Å². The number of carbonyl (C=O) groups is 1. The van der Waals surface area contributed by atoms with Gasteiger partial charge in [0.2, 0.25) is 15.9 Å². The molecule has 1 saturated heterocycles. The van der Waals surface area contributed by atoms with E-state index in [1.165, 1.54) is 4.31 Å². The first-order valence-corrected chi connectivity index (χ1v) is 12.9. The normalized spacial score (nSPS) is 16.1. The van der Waals surface area contributed by atoms with Crippen LogP contribution in [0.2, 0.25) is 0 Å². The summed E-state index contributed by atoms with van der Waals surface area (Å²) >= 11 is 0. The topological polar surface area (TPSA) is 75.7 Å². The number of nitrogens with zero attached hydrogens (tertiary/aromatic N) is 1. The summed E-state index contributed by atoms with van der Waals surface area (Å²) in [4.78, 5) is 13.5. The second-order valence-corrected chi connectivity index (χ2v) is 10.6. The minimum Gasteiger partial charge on any atom is -0.497 e. The molecule has 6 nitrogen and oxygen atoms in total. The Kier molecular flexibility index (Phi) is 7.34. The predicted octanol–water partition coefficient (Wildman–Crippen LogP) is 4.31. The molecule has 3 aromatic carbocycles. The molecule has 1 heterocycles. The van der Waals surface area contributed by atoms with Crippen LogP contribution >= 0.6 is 0 Å². The zero-order valence-corrected chi connectivity index (χ0v) is 20.3. The van der Waals surface area contributed by atoms with Crippen molar-refractivity contribution in [1.82, 2.24) is 9.62 Å². The number of rotatable bonds is 7. The zero-order valence-electron chi connectivity index (χ0n) is 19.5. The van der Waals surface area contributed by atoms with Gasteiger partial charge in [-0.2, -0.15) is 4.31 Å². The lowest BCUT2D eigenvalue weighted by Crippen LogP contribution is -2.43. The molecule has 7 heteroatoms. The summed E-state index contributed by atoms with van der Waals surface area (Å²) in [6, 6.07) is 24.2. The van der Waals surface area contributed by atoms with Crippen LogP contribution in [0, 0.1) is 12.8 Å². The first kappa shape index (κ1) is 24.0. The van der Waals surface area contributed by atoms with Crippen LogP contribution in [0.3, 0.4) is 0 Å². The molecule has 1 fully saturated rings. The van der Waals surface area contributed by atoms with Gasteiger partial charge in [-0.25, -0.2) is 8.42 Å². The molecule has 1 atom stereocenters. The van der Waals surface area contributed by atoms with Crippen molar-refractivity contribution >= 4 is 15.9 Å². The smallest absolute Gasteiger partial charge is 0.243 e. The number of benzene rings is 3. The maximum atomic E-state index is 13.2. The van der Waals surface area contributed by atoms with Crippen LogP contribution < -0.4 is 10.1 Å². The SMILES string of the molecule is COc1ccc(S(=O)(=O)N2CCC(C(=O)NC(c3ccccc3)c3ccc(C)cc3)CC2)cc1. The number of amides is 1. The predicted molar refractivity (Wildman–Crippen MR) is 132 cm³/mol. The van der Waals surface area contributed by atoms with Crippen molar-refractivity contribution in [3.63, 3.8) is 0 Å². The molecule has 0 bridgehead atoms. The van der Waals surface area contributed by atoms with Crippen molar-refractivity contribution in [2.45, 2.75) is 30.7 Å². The van der Waals surface area contributed by atoms with E-state index in [1.54, 1.807) is 31.4 Å². The fourth-order valence-corrected chi connectivity index (χ4v) is 5.75. The van der Waals surface area contributed by atoms with E-state index in [2.05, 4.69) is 5.32 Å². The molecule has 0 spiro atoms. The summed E-state index contributed by atoms with van der Waals surface area (Å²) in [6.45, 7) is 2.66. The van der Waals surface area contributed by atoms with E-state index >= 15 is 0 Å². The van der Waals surface area contributed by atoms with Crippen molar-refractivity contribution in [3.8, 4) is 5.75 Å². The van der Waals surface area contributed by atoms with Gasteiger partial charge in [0.05, 0.1) is 18.0 Å². The highest BCUT2D eigenvalue weighted by Gasteiger charge is 2.33. The van der Waals surface area contributed by atoms with Gasteiger partial charge >= 0.3 is 0 Å². The van der Waals surface area contributed by atoms with Gasteiger partial charge in [0.25, 0.3) is 0 Å². The highest BCUT2D eigenvalue weighted by molar-refractivity contribution is 7.89. The number of hydrogen-bond donors (Lipinski definition) is 1. The number of carbonyl (C=O) groups excluding carboxylic acids is 1. The first-order chi connectivity index (χ1) is 16.4. The Labute approximate surface area is 201 Å². The molecule has 178 valence electrons. The first-order valence-electron chi connectivity index (χ1n) is 11.4. The highest BCUT2D eigenvalue weighted by atomic mass is 32.2. The van der Waals surface area contributed by atoms with E-state index in [0.29, 0.717) is 31.7 Å². The van der Waals surface area contributed by atoms with E-state index in [-0.39, 0.29) is 22.8 Å². The van der Waals surface area contributed by atoms with Gasteiger partial charge in [0.1, 0.15) is 5.75 Å². The van der Waals surface area contributed by atoms with Gasteiger partial charge in [0.15, 0.2) is 0 Å². The van der Waals surface area contributed by atoms with Crippen LogP contribution in [-0.4, -0.2) is 38.8 Å². The Morgan fingerprint density at radius 1 is 0.912 bits per heavy atom. The standard InChI is InChI=1S/C27H30N2O4S/c1-20-8-10-22(11-9-20)26(21-6-4-3-5-7-21)28-27(30)23-16-18-29(19-17-23)34(31,32)25-14-12-24(33-2)13-15-25/h3-15,23,26H,16-19H2,1-2H3,(H,28,30). The van der Waals surface area contributed by atoms with E-state index < -0.39 is 10.0 Å². The molecule has 34 heavy (non-hydrogen) atoms. The molecule has 3 aromatic rings. The van der Waals surface area contributed by atoms with Crippen LogP contribution in [-0.2, 0) is 14.8 Å². The number of hydrogen-bond acceptors (Lipinski definition) is 4. The Bertz CT molecular complexity index is 1200. The van der Waals surface area contributed by atoms with Crippen LogP contribution in [0.15, 0.2) is 83.8 Å². The average Bonchev–Trinajstić information content (AvgIpc) is 2.88. The number of aryl methyl sites for hydroxylation is 1. The average molecular weight is 479 g/mol. The fraction of sp³-hybridized carbons (Fsp3) is 0.296. The molecule has 0 saturated carbocycles. The largest absolute Gasteiger partial charge is 0.497 e. The van der Waals surface area contributed by atoms with Gasteiger partial charge in [0, 0.05) is 19.0 Å². The van der Waals surface area contributed by atoms with Crippen LogP contribution in [0.4, 0.5) is 0 Å². The number of nitrogens with one attached hydrogen (secondary N) is 1. The second kappa shape index (κ2) is 10.4. The monoisotopic (exact) mass is 478 g/mol. The van der Waals surface area contributed by atoms with E-state index in [1.807, 2.05) is 61.5 Å². The molecule has 0 aromatic heterocycles. The zero-order chi connectivity index (χ0) is 24.1. The third kappa shape index (κ3) is 5.32. The molecule has 4 rings (SSSR count). The van der Waals surface area contributed by atoms with Crippen LogP contribution in [0.1, 0.15) is 35.6 Å². The van der Waals surface area contributed by atoms with E-state index in [9.17, 15) is 13.2 Å². The molecular weight excluding hydrogens is 448 g/mol. The molecule has 1 unspecified atom stereocenters. The summed E-state index contributed by atoms with van der Waals surface area (Å²) in [5, 5.41) is 3.22. The van der Waals surface area contributed by atoms with Crippen molar-refractivity contribution < 1.29 is 17.9 Å². The minimum absolute atomic E-state index is 0.0454. The molecule has 0 radical (unpaired) electrons. The van der Waals surface area contributed by atoms with Crippen molar-refractivity contribution in [2.75, 3.05) is 20.2 Å². The van der Waals surface area contributed by atoms with Gasteiger partial charge in [-0.15, -0.1) is 0 Å².